The van der Waals surface area contributed by atoms with Gasteiger partial charge in [-0.15, -0.1) is 0 Å². The van der Waals surface area contributed by atoms with Gasteiger partial charge in [-0.2, -0.15) is 5.10 Å². The fraction of sp³-hybridized carbons (Fsp3) is 0.417. The predicted molar refractivity (Wildman–Crippen MR) is 68.0 cm³/mol. The normalized spacial score (nSPS) is 24.3. The first-order valence-electron chi connectivity index (χ1n) is 6.24. The van der Waals surface area contributed by atoms with Crippen molar-refractivity contribution >= 4 is 22.1 Å². The molecule has 6 heteroatoms. The van der Waals surface area contributed by atoms with Crippen molar-refractivity contribution in [1.29, 1.82) is 0 Å². The lowest BCUT2D eigenvalue weighted by Crippen LogP contribution is -2.16. The molecule has 3 heterocycles. The smallest absolute Gasteiger partial charge is 0.161 e. The number of fused-ring (bicyclic) bond motifs is 3. The number of nitrogens with zero attached hydrogens (tertiary/aromatic N) is 4. The van der Waals surface area contributed by atoms with E-state index in [1.54, 1.807) is 12.4 Å². The van der Waals surface area contributed by atoms with Crippen LogP contribution in [0.15, 0.2) is 18.5 Å². The molecule has 92 valence electrons. The molecular formula is C12H14N6. The molecule has 0 aromatic carbocycles. The number of rotatable bonds is 1. The van der Waals surface area contributed by atoms with Crippen molar-refractivity contribution in [1.82, 2.24) is 25.0 Å². The first-order chi connectivity index (χ1) is 8.83. The average Bonchev–Trinajstić information content (AvgIpc) is 3.03. The third-order valence-corrected chi connectivity index (χ3v) is 3.82. The molecule has 0 spiro atoms. The van der Waals surface area contributed by atoms with Crippen LogP contribution in [0, 0.1) is 0 Å². The van der Waals surface area contributed by atoms with Crippen molar-refractivity contribution < 1.29 is 0 Å². The summed E-state index contributed by atoms with van der Waals surface area (Å²) in [5, 5.41) is 8.48. The highest BCUT2D eigenvalue weighted by Gasteiger charge is 2.25. The van der Waals surface area contributed by atoms with Crippen molar-refractivity contribution in [2.75, 3.05) is 0 Å². The van der Waals surface area contributed by atoms with E-state index >= 15 is 0 Å². The Morgan fingerprint density at radius 3 is 3.11 bits per heavy atom. The van der Waals surface area contributed by atoms with E-state index < -0.39 is 0 Å². The van der Waals surface area contributed by atoms with Crippen LogP contribution in [0.4, 0.5) is 0 Å². The van der Waals surface area contributed by atoms with E-state index in [-0.39, 0.29) is 0 Å². The zero-order valence-corrected chi connectivity index (χ0v) is 9.87. The largest absolute Gasteiger partial charge is 0.328 e. The first kappa shape index (κ1) is 10.0. The van der Waals surface area contributed by atoms with Crippen molar-refractivity contribution in [2.24, 2.45) is 5.73 Å². The Morgan fingerprint density at radius 2 is 2.28 bits per heavy atom. The standard InChI is InChI=1S/C12H14N6/c13-7-1-2-8(5-7)18-11-9-3-4-14-12(9)15-6-10(11)16-17-18/h3-4,6-8,17H,1-2,5,13H2/t7-,8-/m0/s1. The average molecular weight is 242 g/mol. The lowest BCUT2D eigenvalue weighted by Gasteiger charge is -2.12. The summed E-state index contributed by atoms with van der Waals surface area (Å²) in [6.45, 7) is 0. The molecule has 1 fully saturated rings. The maximum absolute atomic E-state index is 6.00. The van der Waals surface area contributed by atoms with Crippen LogP contribution < -0.4 is 5.73 Å². The summed E-state index contributed by atoms with van der Waals surface area (Å²) >= 11 is 0. The molecule has 2 atom stereocenters. The van der Waals surface area contributed by atoms with E-state index in [1.807, 2.05) is 6.07 Å². The van der Waals surface area contributed by atoms with Crippen LogP contribution in [0.25, 0.3) is 22.1 Å². The number of aromatic amines is 1. The van der Waals surface area contributed by atoms with Crippen molar-refractivity contribution in [3.63, 3.8) is 0 Å². The van der Waals surface area contributed by atoms with Gasteiger partial charge in [0.25, 0.3) is 0 Å². The SMILES string of the molecule is N[C@H]1CC[C@H](n2[nH]nc3cnc4nccc4c32)C1. The number of hydrogen-bond donors (Lipinski definition) is 2. The molecule has 0 saturated heterocycles. The van der Waals surface area contributed by atoms with Crippen LogP contribution in [0.2, 0.25) is 0 Å². The van der Waals surface area contributed by atoms with Crippen LogP contribution >= 0.6 is 0 Å². The molecule has 0 radical (unpaired) electrons. The summed E-state index contributed by atoms with van der Waals surface area (Å²) in [4.78, 5) is 8.53. The Balaban J connectivity index is 1.97. The Labute approximate surface area is 103 Å². The number of pyridine rings is 1. The molecule has 0 unspecified atom stereocenters. The van der Waals surface area contributed by atoms with Gasteiger partial charge in [-0.25, -0.2) is 15.2 Å². The van der Waals surface area contributed by atoms with E-state index in [0.717, 1.165) is 41.3 Å². The first-order valence-corrected chi connectivity index (χ1v) is 6.24. The summed E-state index contributed by atoms with van der Waals surface area (Å²) in [5.41, 5.74) is 8.75. The third-order valence-electron chi connectivity index (χ3n) is 3.82. The van der Waals surface area contributed by atoms with Gasteiger partial charge in [0.05, 0.1) is 17.8 Å². The maximum atomic E-state index is 6.00. The number of nitrogens with two attached hydrogens (primary N) is 1. The lowest BCUT2D eigenvalue weighted by molar-refractivity contribution is 0.462. The summed E-state index contributed by atoms with van der Waals surface area (Å²) in [7, 11) is 0. The van der Waals surface area contributed by atoms with E-state index in [2.05, 4.69) is 25.0 Å². The predicted octanol–water partition coefficient (Wildman–Crippen LogP) is 1.36. The van der Waals surface area contributed by atoms with Gasteiger partial charge in [-0.3, -0.25) is 4.68 Å². The zero-order valence-electron chi connectivity index (χ0n) is 9.87. The molecule has 4 rings (SSSR count). The Bertz CT molecular complexity index is 712. The molecule has 0 amide bonds. The Morgan fingerprint density at radius 1 is 1.33 bits per heavy atom. The van der Waals surface area contributed by atoms with Crippen LogP contribution in [-0.2, 0) is 0 Å². The summed E-state index contributed by atoms with van der Waals surface area (Å²) in [6, 6.07) is 2.70. The lowest BCUT2D eigenvalue weighted by atomic mass is 10.2. The highest BCUT2D eigenvalue weighted by Crippen LogP contribution is 2.32. The second kappa shape index (κ2) is 3.52. The minimum atomic E-state index is 0.302. The minimum Gasteiger partial charge on any atom is -0.328 e. The van der Waals surface area contributed by atoms with Crippen LogP contribution in [0.1, 0.15) is 25.3 Å². The third kappa shape index (κ3) is 1.29. The molecule has 0 aliphatic heterocycles. The summed E-state index contributed by atoms with van der Waals surface area (Å²) < 4.78 is 2.13. The quantitative estimate of drug-likeness (QED) is 0.674. The van der Waals surface area contributed by atoms with Crippen molar-refractivity contribution in [2.45, 2.75) is 31.3 Å². The maximum Gasteiger partial charge on any atom is 0.161 e. The van der Waals surface area contributed by atoms with Crippen molar-refractivity contribution in [3.05, 3.63) is 18.5 Å². The zero-order chi connectivity index (χ0) is 12.1. The van der Waals surface area contributed by atoms with Gasteiger partial charge < -0.3 is 5.73 Å². The highest BCUT2D eigenvalue weighted by molar-refractivity contribution is 6.00. The summed E-state index contributed by atoms with van der Waals surface area (Å²) in [6.07, 6.45) is 6.73. The molecule has 6 nitrogen and oxygen atoms in total. The molecule has 1 aliphatic carbocycles. The number of nitrogens with one attached hydrogen (secondary N) is 1. The van der Waals surface area contributed by atoms with Crippen LogP contribution in [0.3, 0.4) is 0 Å². The van der Waals surface area contributed by atoms with Gasteiger partial charge in [0.15, 0.2) is 5.65 Å². The van der Waals surface area contributed by atoms with Gasteiger partial charge in [-0.05, 0) is 25.3 Å². The molecule has 18 heavy (non-hydrogen) atoms. The van der Waals surface area contributed by atoms with Gasteiger partial charge >= 0.3 is 0 Å². The van der Waals surface area contributed by atoms with Crippen LogP contribution in [0.5, 0.6) is 0 Å². The van der Waals surface area contributed by atoms with E-state index in [4.69, 9.17) is 5.73 Å². The molecule has 1 aliphatic rings. The monoisotopic (exact) mass is 242 g/mol. The number of hydrogen-bond acceptors (Lipinski definition) is 4. The fourth-order valence-corrected chi connectivity index (χ4v) is 2.92. The van der Waals surface area contributed by atoms with E-state index in [9.17, 15) is 0 Å². The highest BCUT2D eigenvalue weighted by atomic mass is 15.4. The fourth-order valence-electron chi connectivity index (χ4n) is 2.92. The second-order valence-corrected chi connectivity index (χ2v) is 4.98. The minimum absolute atomic E-state index is 0.302. The van der Waals surface area contributed by atoms with Crippen LogP contribution in [-0.4, -0.2) is 31.0 Å². The number of H-pyrrole nitrogens is 1. The molecule has 1 saturated carbocycles. The van der Waals surface area contributed by atoms with Gasteiger partial charge in [-0.1, -0.05) is 0 Å². The van der Waals surface area contributed by atoms with Gasteiger partial charge in [0.2, 0.25) is 0 Å². The number of aromatic nitrogens is 5. The Hall–Kier alpha value is -1.95. The topological polar surface area (TPSA) is 85.4 Å². The Kier molecular flexibility index (Phi) is 1.96. The molecule has 3 N–H and O–H groups in total. The summed E-state index contributed by atoms with van der Waals surface area (Å²) in [5.74, 6) is 0. The van der Waals surface area contributed by atoms with Gasteiger partial charge in [0.1, 0.15) is 5.52 Å². The van der Waals surface area contributed by atoms with E-state index in [1.165, 1.54) is 0 Å². The second-order valence-electron chi connectivity index (χ2n) is 4.98. The van der Waals surface area contributed by atoms with Gasteiger partial charge in [0, 0.05) is 17.6 Å². The van der Waals surface area contributed by atoms with E-state index in [0.29, 0.717) is 12.1 Å². The van der Waals surface area contributed by atoms with Crippen molar-refractivity contribution in [3.8, 4) is 0 Å². The molecule has 3 aromatic heterocycles. The molecule has 3 aromatic rings. The molecule has 0 bridgehead atoms. The molecular weight excluding hydrogens is 228 g/mol.